The molecule has 0 radical (unpaired) electrons. The van der Waals surface area contributed by atoms with Crippen molar-refractivity contribution in [1.82, 2.24) is 9.36 Å². The van der Waals surface area contributed by atoms with Crippen LogP contribution in [0.5, 0.6) is 5.75 Å². The molecule has 0 unspecified atom stereocenters. The van der Waals surface area contributed by atoms with Crippen LogP contribution in [0.1, 0.15) is 41.4 Å². The number of nitrogens with zero attached hydrogens (tertiary/aromatic N) is 2. The van der Waals surface area contributed by atoms with Crippen molar-refractivity contribution in [3.63, 3.8) is 0 Å². The maximum atomic E-state index is 13.1. The first-order valence-corrected chi connectivity index (χ1v) is 12.0. The standard InChI is InChI=1S/C29H30N4O4/c1-19(2)24-15-8-9-16-25(24)37-18-26(34)30-22-12-10-11-21(17-22)28(35)31-27-20(3)32(4)33(29(27)36)23-13-6-5-7-14-23/h5-17,19H,18H2,1-4H3,(H,30,34)(H,31,35). The molecule has 3 aromatic carbocycles. The predicted molar refractivity (Wildman–Crippen MR) is 145 cm³/mol. The van der Waals surface area contributed by atoms with Gasteiger partial charge in [-0.25, -0.2) is 4.68 Å². The van der Waals surface area contributed by atoms with Gasteiger partial charge in [0.15, 0.2) is 6.61 Å². The molecule has 4 aromatic rings. The lowest BCUT2D eigenvalue weighted by Crippen LogP contribution is -2.23. The lowest BCUT2D eigenvalue weighted by molar-refractivity contribution is -0.118. The average molecular weight is 499 g/mol. The Morgan fingerprint density at radius 1 is 0.919 bits per heavy atom. The van der Waals surface area contributed by atoms with Crippen LogP contribution in [-0.4, -0.2) is 27.8 Å². The Balaban J connectivity index is 1.45. The summed E-state index contributed by atoms with van der Waals surface area (Å²) in [6.07, 6.45) is 0. The van der Waals surface area contributed by atoms with E-state index in [4.69, 9.17) is 4.74 Å². The molecule has 37 heavy (non-hydrogen) atoms. The zero-order valence-corrected chi connectivity index (χ0v) is 21.3. The molecule has 0 saturated heterocycles. The third-order valence-corrected chi connectivity index (χ3v) is 6.10. The van der Waals surface area contributed by atoms with Crippen molar-refractivity contribution in [3.8, 4) is 11.4 Å². The third-order valence-electron chi connectivity index (χ3n) is 6.10. The Hall–Kier alpha value is -4.59. The summed E-state index contributed by atoms with van der Waals surface area (Å²) in [5, 5.41) is 5.50. The highest BCUT2D eigenvalue weighted by molar-refractivity contribution is 6.05. The summed E-state index contributed by atoms with van der Waals surface area (Å²) in [5.41, 5.74) is 2.96. The van der Waals surface area contributed by atoms with Gasteiger partial charge in [0, 0.05) is 18.3 Å². The zero-order valence-electron chi connectivity index (χ0n) is 21.3. The van der Waals surface area contributed by atoms with Gasteiger partial charge < -0.3 is 15.4 Å². The average Bonchev–Trinajstić information content (AvgIpc) is 3.11. The van der Waals surface area contributed by atoms with Gasteiger partial charge in [0.05, 0.1) is 11.4 Å². The van der Waals surface area contributed by atoms with Gasteiger partial charge in [-0.15, -0.1) is 0 Å². The molecule has 2 amide bonds. The molecular weight excluding hydrogens is 468 g/mol. The van der Waals surface area contributed by atoms with Gasteiger partial charge in [0.25, 0.3) is 17.4 Å². The highest BCUT2D eigenvalue weighted by Crippen LogP contribution is 2.26. The minimum atomic E-state index is -0.454. The molecule has 190 valence electrons. The molecular formula is C29H30N4O4. The van der Waals surface area contributed by atoms with Crippen LogP contribution in [0.2, 0.25) is 0 Å². The highest BCUT2D eigenvalue weighted by Gasteiger charge is 2.19. The number of anilines is 2. The molecule has 0 atom stereocenters. The molecule has 2 N–H and O–H groups in total. The van der Waals surface area contributed by atoms with Crippen LogP contribution in [0.4, 0.5) is 11.4 Å². The minimum absolute atomic E-state index is 0.164. The third kappa shape index (κ3) is 5.64. The Bertz CT molecular complexity index is 1490. The first kappa shape index (κ1) is 25.5. The van der Waals surface area contributed by atoms with E-state index in [9.17, 15) is 14.4 Å². The summed E-state index contributed by atoms with van der Waals surface area (Å²) in [6.45, 7) is 5.73. The smallest absolute Gasteiger partial charge is 0.295 e. The lowest BCUT2D eigenvalue weighted by Gasteiger charge is -2.14. The van der Waals surface area contributed by atoms with E-state index in [0.717, 1.165) is 5.56 Å². The summed E-state index contributed by atoms with van der Waals surface area (Å²) < 4.78 is 8.93. The summed E-state index contributed by atoms with van der Waals surface area (Å²) in [6, 6.07) is 23.4. The van der Waals surface area contributed by atoms with E-state index >= 15 is 0 Å². The SMILES string of the molecule is Cc1c(NC(=O)c2cccc(NC(=O)COc3ccccc3C(C)C)c2)c(=O)n(-c2ccccc2)n1C. The second-order valence-electron chi connectivity index (χ2n) is 9.00. The van der Waals surface area contributed by atoms with Crippen molar-refractivity contribution < 1.29 is 14.3 Å². The Morgan fingerprint density at radius 3 is 2.35 bits per heavy atom. The van der Waals surface area contributed by atoms with Crippen molar-refractivity contribution in [2.45, 2.75) is 26.7 Å². The largest absolute Gasteiger partial charge is 0.483 e. The van der Waals surface area contributed by atoms with E-state index in [1.165, 1.54) is 4.68 Å². The van der Waals surface area contributed by atoms with E-state index in [0.29, 0.717) is 28.4 Å². The lowest BCUT2D eigenvalue weighted by atomic mass is 10.0. The number of benzene rings is 3. The molecule has 0 aliphatic carbocycles. The zero-order chi connectivity index (χ0) is 26.5. The van der Waals surface area contributed by atoms with Crippen LogP contribution in [0, 0.1) is 6.92 Å². The van der Waals surface area contributed by atoms with E-state index < -0.39 is 5.91 Å². The van der Waals surface area contributed by atoms with Crippen LogP contribution >= 0.6 is 0 Å². The number of para-hydroxylation sites is 2. The monoisotopic (exact) mass is 498 g/mol. The number of hydrogen-bond donors (Lipinski definition) is 2. The summed E-state index contributed by atoms with van der Waals surface area (Å²) in [7, 11) is 1.76. The number of hydrogen-bond acceptors (Lipinski definition) is 4. The number of carbonyl (C=O) groups excluding carboxylic acids is 2. The van der Waals surface area contributed by atoms with Gasteiger partial charge in [-0.1, -0.05) is 56.3 Å². The molecule has 1 aromatic heterocycles. The van der Waals surface area contributed by atoms with E-state index in [1.807, 2.05) is 54.6 Å². The van der Waals surface area contributed by atoms with Crippen molar-refractivity contribution in [2.75, 3.05) is 17.2 Å². The quantitative estimate of drug-likeness (QED) is 0.362. The Kier molecular flexibility index (Phi) is 7.57. The van der Waals surface area contributed by atoms with Crippen LogP contribution in [-0.2, 0) is 11.8 Å². The first-order valence-electron chi connectivity index (χ1n) is 12.0. The molecule has 0 spiro atoms. The summed E-state index contributed by atoms with van der Waals surface area (Å²) in [4.78, 5) is 38.6. The number of ether oxygens (including phenoxy) is 1. The van der Waals surface area contributed by atoms with Gasteiger partial charge in [0.1, 0.15) is 11.4 Å². The Morgan fingerprint density at radius 2 is 1.62 bits per heavy atom. The minimum Gasteiger partial charge on any atom is -0.483 e. The fraction of sp³-hybridized carbons (Fsp3) is 0.207. The molecule has 8 nitrogen and oxygen atoms in total. The van der Waals surface area contributed by atoms with Gasteiger partial charge in [-0.2, -0.15) is 0 Å². The van der Waals surface area contributed by atoms with Crippen LogP contribution < -0.4 is 20.9 Å². The van der Waals surface area contributed by atoms with E-state index in [-0.39, 0.29) is 29.7 Å². The van der Waals surface area contributed by atoms with Gasteiger partial charge in [0.2, 0.25) is 0 Å². The van der Waals surface area contributed by atoms with Crippen LogP contribution in [0.3, 0.4) is 0 Å². The maximum Gasteiger partial charge on any atom is 0.295 e. The number of aromatic nitrogens is 2. The van der Waals surface area contributed by atoms with Crippen molar-refractivity contribution >= 4 is 23.2 Å². The number of rotatable bonds is 8. The van der Waals surface area contributed by atoms with E-state index in [1.54, 1.807) is 42.9 Å². The number of amides is 2. The predicted octanol–water partition coefficient (Wildman–Crippen LogP) is 4.88. The molecule has 8 heteroatoms. The molecule has 0 aliphatic heterocycles. The van der Waals surface area contributed by atoms with Crippen LogP contribution in [0.25, 0.3) is 5.69 Å². The molecule has 0 bridgehead atoms. The second kappa shape index (κ2) is 11.0. The van der Waals surface area contributed by atoms with Crippen LogP contribution in [0.15, 0.2) is 83.7 Å². The number of nitrogens with one attached hydrogen (secondary N) is 2. The fourth-order valence-electron chi connectivity index (χ4n) is 4.07. The molecule has 0 aliphatic rings. The Labute approximate surface area is 215 Å². The molecule has 0 saturated carbocycles. The topological polar surface area (TPSA) is 94.4 Å². The highest BCUT2D eigenvalue weighted by atomic mass is 16.5. The normalized spacial score (nSPS) is 10.8. The molecule has 4 rings (SSSR count). The van der Waals surface area contributed by atoms with Crippen molar-refractivity contribution in [3.05, 3.63) is 106 Å². The van der Waals surface area contributed by atoms with Crippen molar-refractivity contribution in [2.24, 2.45) is 7.05 Å². The van der Waals surface area contributed by atoms with Gasteiger partial charge in [-0.05, 0) is 54.8 Å². The fourth-order valence-corrected chi connectivity index (χ4v) is 4.07. The van der Waals surface area contributed by atoms with E-state index in [2.05, 4.69) is 24.5 Å². The van der Waals surface area contributed by atoms with Gasteiger partial charge >= 0.3 is 0 Å². The molecule has 1 heterocycles. The van der Waals surface area contributed by atoms with Crippen molar-refractivity contribution in [1.29, 1.82) is 0 Å². The maximum absolute atomic E-state index is 13.1. The van der Waals surface area contributed by atoms with Gasteiger partial charge in [-0.3, -0.25) is 19.1 Å². The molecule has 0 fully saturated rings. The summed E-state index contributed by atoms with van der Waals surface area (Å²) in [5.74, 6) is 0.129. The summed E-state index contributed by atoms with van der Waals surface area (Å²) >= 11 is 0. The first-order chi connectivity index (χ1) is 17.8. The number of carbonyl (C=O) groups is 2. The second-order valence-corrected chi connectivity index (χ2v) is 9.00.